The van der Waals surface area contributed by atoms with Crippen LogP contribution in [0.25, 0.3) is 0 Å². The zero-order chi connectivity index (χ0) is 13.3. The number of hydrogen-bond acceptors (Lipinski definition) is 1. The number of allylic oxidation sites excluding steroid dienone is 1. The lowest BCUT2D eigenvalue weighted by Crippen LogP contribution is -2.37. The maximum Gasteiger partial charge on any atom is 0.310 e. The minimum Gasteiger partial charge on any atom is -0.481 e. The van der Waals surface area contributed by atoms with Crippen molar-refractivity contribution in [2.45, 2.75) is 31.1 Å². The summed E-state index contributed by atoms with van der Waals surface area (Å²) in [4.78, 5) is 11.8. The van der Waals surface area contributed by atoms with Crippen LogP contribution in [0.5, 0.6) is 0 Å². The Hall–Kier alpha value is -1.57. The van der Waals surface area contributed by atoms with E-state index in [1.54, 1.807) is 0 Å². The number of carboxylic acids is 1. The SMILES string of the molecule is C=C1C2CC3(c4ccccc4)CC1C(C(=O)O)(C2)C3. The van der Waals surface area contributed by atoms with E-state index in [2.05, 4.69) is 30.8 Å². The third kappa shape index (κ3) is 1.20. The minimum absolute atomic E-state index is 0.0917. The summed E-state index contributed by atoms with van der Waals surface area (Å²) in [5.41, 5.74) is 2.12. The molecule has 5 rings (SSSR count). The van der Waals surface area contributed by atoms with Crippen molar-refractivity contribution >= 4 is 5.97 Å². The molecular weight excluding hydrogens is 236 g/mol. The fourth-order valence-corrected chi connectivity index (χ4v) is 5.21. The van der Waals surface area contributed by atoms with Crippen molar-refractivity contribution < 1.29 is 9.90 Å². The fourth-order valence-electron chi connectivity index (χ4n) is 5.21. The van der Waals surface area contributed by atoms with Crippen molar-refractivity contribution in [1.82, 2.24) is 0 Å². The largest absolute Gasteiger partial charge is 0.481 e. The van der Waals surface area contributed by atoms with Crippen LogP contribution in [-0.2, 0) is 10.2 Å². The number of rotatable bonds is 2. The molecule has 0 aliphatic heterocycles. The number of hydrogen-bond donors (Lipinski definition) is 1. The Labute approximate surface area is 113 Å². The van der Waals surface area contributed by atoms with Crippen LogP contribution in [0.3, 0.4) is 0 Å². The molecule has 1 N–H and O–H groups in total. The Morgan fingerprint density at radius 1 is 1.21 bits per heavy atom. The second-order valence-corrected chi connectivity index (χ2v) is 6.72. The Balaban J connectivity index is 1.85. The molecular formula is C17H18O2. The van der Waals surface area contributed by atoms with Crippen molar-refractivity contribution in [3.05, 3.63) is 48.0 Å². The van der Waals surface area contributed by atoms with Crippen LogP contribution in [0.4, 0.5) is 0 Å². The summed E-state index contributed by atoms with van der Waals surface area (Å²) < 4.78 is 0. The monoisotopic (exact) mass is 254 g/mol. The summed E-state index contributed by atoms with van der Waals surface area (Å²) >= 11 is 0. The Bertz CT molecular complexity index is 576. The molecule has 0 heterocycles. The summed E-state index contributed by atoms with van der Waals surface area (Å²) in [6, 6.07) is 10.5. The average Bonchev–Trinajstić information content (AvgIpc) is 2.78. The average molecular weight is 254 g/mol. The number of benzene rings is 1. The van der Waals surface area contributed by atoms with Gasteiger partial charge in [-0.2, -0.15) is 0 Å². The summed E-state index contributed by atoms with van der Waals surface area (Å²) in [7, 11) is 0. The third-order valence-corrected chi connectivity index (χ3v) is 5.95. The molecule has 2 nitrogen and oxygen atoms in total. The van der Waals surface area contributed by atoms with E-state index in [0.717, 1.165) is 25.7 Å². The molecule has 4 unspecified atom stereocenters. The molecule has 1 aromatic rings. The van der Waals surface area contributed by atoms with Crippen LogP contribution >= 0.6 is 0 Å². The normalized spacial score (nSPS) is 42.8. The van der Waals surface area contributed by atoms with Crippen LogP contribution in [0.2, 0.25) is 0 Å². The van der Waals surface area contributed by atoms with Gasteiger partial charge in [-0.05, 0) is 48.5 Å². The van der Waals surface area contributed by atoms with Gasteiger partial charge in [0.2, 0.25) is 0 Å². The summed E-state index contributed by atoms with van der Waals surface area (Å²) in [6.07, 6.45) is 3.71. The second-order valence-electron chi connectivity index (χ2n) is 6.72. The lowest BCUT2D eigenvalue weighted by molar-refractivity contribution is -0.150. The highest BCUT2D eigenvalue weighted by atomic mass is 16.4. The zero-order valence-corrected chi connectivity index (χ0v) is 10.9. The van der Waals surface area contributed by atoms with Gasteiger partial charge in [0, 0.05) is 0 Å². The van der Waals surface area contributed by atoms with E-state index in [-0.39, 0.29) is 11.3 Å². The van der Waals surface area contributed by atoms with Crippen molar-refractivity contribution in [2.75, 3.05) is 0 Å². The topological polar surface area (TPSA) is 37.3 Å². The predicted molar refractivity (Wildman–Crippen MR) is 72.8 cm³/mol. The van der Waals surface area contributed by atoms with Gasteiger partial charge in [-0.3, -0.25) is 4.79 Å². The first-order valence-corrected chi connectivity index (χ1v) is 7.05. The summed E-state index contributed by atoms with van der Waals surface area (Å²) in [5.74, 6) is 0.0198. The molecule has 0 spiro atoms. The highest BCUT2D eigenvalue weighted by Crippen LogP contribution is 2.72. The summed E-state index contributed by atoms with van der Waals surface area (Å²) in [6.45, 7) is 4.20. The molecule has 0 aromatic heterocycles. The van der Waals surface area contributed by atoms with Crippen molar-refractivity contribution in [3.8, 4) is 0 Å². The van der Waals surface area contributed by atoms with Crippen molar-refractivity contribution in [2.24, 2.45) is 17.3 Å². The number of aliphatic carboxylic acids is 1. The Morgan fingerprint density at radius 3 is 2.58 bits per heavy atom. The van der Waals surface area contributed by atoms with E-state index in [9.17, 15) is 9.90 Å². The van der Waals surface area contributed by atoms with Crippen LogP contribution in [0.1, 0.15) is 31.2 Å². The van der Waals surface area contributed by atoms with Gasteiger partial charge in [-0.1, -0.05) is 42.5 Å². The van der Waals surface area contributed by atoms with Crippen LogP contribution < -0.4 is 0 Å². The first-order chi connectivity index (χ1) is 9.07. The van der Waals surface area contributed by atoms with E-state index >= 15 is 0 Å². The standard InChI is InChI=1S/C17H18O2/c1-11-12-7-16(13-5-3-2-4-6-13)9-14(11)17(8-12,10-16)15(18)19/h2-6,12,14H,1,7-10H2,(H,18,19). The maximum atomic E-state index is 11.8. The molecule has 0 amide bonds. The molecule has 0 radical (unpaired) electrons. The molecule has 4 bridgehead atoms. The van der Waals surface area contributed by atoms with Gasteiger partial charge in [0.15, 0.2) is 0 Å². The van der Waals surface area contributed by atoms with Crippen molar-refractivity contribution in [3.63, 3.8) is 0 Å². The van der Waals surface area contributed by atoms with Gasteiger partial charge in [0.25, 0.3) is 0 Å². The van der Waals surface area contributed by atoms with E-state index in [4.69, 9.17) is 0 Å². The Kier molecular flexibility index (Phi) is 1.96. The zero-order valence-electron chi connectivity index (χ0n) is 10.9. The van der Waals surface area contributed by atoms with E-state index in [0.29, 0.717) is 5.92 Å². The predicted octanol–water partition coefficient (Wildman–Crippen LogP) is 3.39. The molecule has 98 valence electrons. The molecule has 4 saturated carbocycles. The van der Waals surface area contributed by atoms with E-state index < -0.39 is 11.4 Å². The van der Waals surface area contributed by atoms with Gasteiger partial charge in [0.05, 0.1) is 5.41 Å². The highest BCUT2D eigenvalue weighted by molar-refractivity contribution is 5.78. The van der Waals surface area contributed by atoms with Crippen molar-refractivity contribution in [1.29, 1.82) is 0 Å². The lowest BCUT2D eigenvalue weighted by Gasteiger charge is -2.40. The van der Waals surface area contributed by atoms with Gasteiger partial charge in [0.1, 0.15) is 0 Å². The fraction of sp³-hybridized carbons (Fsp3) is 0.471. The molecule has 0 saturated heterocycles. The quantitative estimate of drug-likeness (QED) is 0.821. The van der Waals surface area contributed by atoms with Gasteiger partial charge < -0.3 is 5.11 Å². The highest BCUT2D eigenvalue weighted by Gasteiger charge is 2.69. The van der Waals surface area contributed by atoms with E-state index in [1.807, 2.05) is 6.07 Å². The smallest absolute Gasteiger partial charge is 0.310 e. The molecule has 4 fully saturated rings. The minimum atomic E-state index is -0.598. The van der Waals surface area contributed by atoms with Crippen LogP contribution in [0.15, 0.2) is 42.5 Å². The number of carboxylic acid groups (broad SMARTS) is 1. The van der Waals surface area contributed by atoms with Crippen LogP contribution in [0, 0.1) is 17.3 Å². The van der Waals surface area contributed by atoms with Gasteiger partial charge in [-0.25, -0.2) is 0 Å². The molecule has 1 aromatic carbocycles. The second kappa shape index (κ2) is 3.30. The third-order valence-electron chi connectivity index (χ3n) is 5.95. The van der Waals surface area contributed by atoms with Gasteiger partial charge in [-0.15, -0.1) is 0 Å². The molecule has 4 aliphatic carbocycles. The van der Waals surface area contributed by atoms with Gasteiger partial charge >= 0.3 is 5.97 Å². The molecule has 4 aliphatic rings. The lowest BCUT2D eigenvalue weighted by atomic mass is 9.63. The maximum absolute atomic E-state index is 11.8. The first kappa shape index (κ1) is 11.3. The molecule has 2 heteroatoms. The molecule has 19 heavy (non-hydrogen) atoms. The Morgan fingerprint density at radius 2 is 1.95 bits per heavy atom. The molecule has 4 atom stereocenters. The van der Waals surface area contributed by atoms with Crippen LogP contribution in [-0.4, -0.2) is 11.1 Å². The first-order valence-electron chi connectivity index (χ1n) is 7.05. The number of carbonyl (C=O) groups is 1. The van der Waals surface area contributed by atoms with E-state index in [1.165, 1.54) is 11.1 Å². The summed E-state index contributed by atoms with van der Waals surface area (Å²) in [5, 5.41) is 9.75.